The first-order valence-corrected chi connectivity index (χ1v) is 18.6. The number of rotatable bonds is 18. The molecule has 1 saturated heterocycles. The van der Waals surface area contributed by atoms with Crippen LogP contribution >= 0.6 is 11.3 Å². The number of aliphatic hydroxyl groups is 1. The van der Waals surface area contributed by atoms with E-state index >= 15 is 0 Å². The molecule has 1 fully saturated rings. The Kier molecular flexibility index (Phi) is 16.1. The Balaban J connectivity index is 1.75. The standard InChI is InChI=1S/C37H57N5O6S/c1-8-25(5)33(41-35(46)31-16-12-13-17-42(31)7)36(47)39-29(23(2)3)20-32(48-26(6)44)37-40-30(22-49-37)34(45)38-28(18-24(4)21-43)19-27-14-10-9-11-15-27/h9-11,14-15,22-25,28-29,31-33,43H,8,12-13,16-21H2,1-7H3,(H,38,45)(H,39,47)(H,41,46)/t24-,25-,28+,29+,31+,32+,33-/m0/s1. The van der Waals surface area contributed by atoms with Gasteiger partial charge in [-0.2, -0.15) is 0 Å². The van der Waals surface area contributed by atoms with Crippen LogP contribution < -0.4 is 16.0 Å². The fraction of sp³-hybridized carbons (Fsp3) is 0.649. The number of carbonyl (C=O) groups excluding carboxylic acids is 4. The summed E-state index contributed by atoms with van der Waals surface area (Å²) in [5.41, 5.74) is 1.29. The number of hydrogen-bond acceptors (Lipinski definition) is 9. The Morgan fingerprint density at radius 1 is 1.04 bits per heavy atom. The minimum absolute atomic E-state index is 0.00152. The number of piperidine rings is 1. The minimum atomic E-state index is -0.793. The fourth-order valence-electron chi connectivity index (χ4n) is 6.21. The zero-order valence-electron chi connectivity index (χ0n) is 30.2. The summed E-state index contributed by atoms with van der Waals surface area (Å²) in [5.74, 6) is -1.38. The molecule has 0 spiro atoms. The van der Waals surface area contributed by atoms with Gasteiger partial charge in [0.05, 0.1) is 6.04 Å². The summed E-state index contributed by atoms with van der Waals surface area (Å²) in [7, 11) is 1.94. The van der Waals surface area contributed by atoms with Crippen LogP contribution in [0, 0.1) is 17.8 Å². The van der Waals surface area contributed by atoms with Crippen LogP contribution in [0.4, 0.5) is 0 Å². The van der Waals surface area contributed by atoms with Crippen LogP contribution in [0.3, 0.4) is 0 Å². The first kappa shape index (κ1) is 40.1. The Morgan fingerprint density at radius 3 is 2.37 bits per heavy atom. The van der Waals surface area contributed by atoms with Gasteiger partial charge in [-0.3, -0.25) is 24.1 Å². The van der Waals surface area contributed by atoms with Gasteiger partial charge in [0.1, 0.15) is 16.7 Å². The number of benzene rings is 1. The molecule has 4 N–H and O–H groups in total. The van der Waals surface area contributed by atoms with E-state index in [0.29, 0.717) is 24.3 Å². The smallest absolute Gasteiger partial charge is 0.303 e. The quantitative estimate of drug-likeness (QED) is 0.164. The molecule has 0 saturated carbocycles. The number of amides is 3. The summed E-state index contributed by atoms with van der Waals surface area (Å²) in [6.07, 6.45) is 4.15. The SMILES string of the molecule is CC[C@H](C)[C@H](NC(=O)[C@H]1CCCCN1C)C(=O)N[C@H](C[C@@H](OC(C)=O)c1nc(C(=O)N[C@@H](Cc2ccccc2)C[C@H](C)CO)cs1)C(C)C. The van der Waals surface area contributed by atoms with Crippen molar-refractivity contribution >= 4 is 35.0 Å². The molecule has 2 heterocycles. The molecule has 0 radical (unpaired) electrons. The van der Waals surface area contributed by atoms with Crippen molar-refractivity contribution in [2.75, 3.05) is 20.2 Å². The van der Waals surface area contributed by atoms with Crippen LogP contribution in [0.1, 0.15) is 107 Å². The van der Waals surface area contributed by atoms with Gasteiger partial charge in [-0.1, -0.05) is 77.8 Å². The number of carbonyl (C=O) groups is 4. The summed E-state index contributed by atoms with van der Waals surface area (Å²) in [6, 6.07) is 8.26. The van der Waals surface area contributed by atoms with Crippen molar-refractivity contribution in [3.8, 4) is 0 Å². The number of nitrogens with zero attached hydrogens (tertiary/aromatic N) is 2. The van der Waals surface area contributed by atoms with Gasteiger partial charge in [-0.25, -0.2) is 4.98 Å². The molecule has 7 atom stereocenters. The van der Waals surface area contributed by atoms with Crippen LogP contribution in [0.5, 0.6) is 0 Å². The average molecular weight is 700 g/mol. The molecule has 1 aliphatic rings. The normalized spacial score (nSPS) is 18.8. The maximum Gasteiger partial charge on any atom is 0.303 e. The van der Waals surface area contributed by atoms with Crippen molar-refractivity contribution in [1.82, 2.24) is 25.8 Å². The van der Waals surface area contributed by atoms with Crippen LogP contribution in [0.15, 0.2) is 35.7 Å². The molecule has 1 aromatic heterocycles. The van der Waals surface area contributed by atoms with Crippen LogP contribution in [0.2, 0.25) is 0 Å². The lowest BCUT2D eigenvalue weighted by Crippen LogP contribution is -2.57. The zero-order chi connectivity index (χ0) is 36.1. The van der Waals surface area contributed by atoms with Gasteiger partial charge in [0.2, 0.25) is 11.8 Å². The summed E-state index contributed by atoms with van der Waals surface area (Å²) < 4.78 is 5.73. The zero-order valence-corrected chi connectivity index (χ0v) is 31.1. The molecule has 3 amide bonds. The molecule has 0 bridgehead atoms. The van der Waals surface area contributed by atoms with E-state index in [-0.39, 0.29) is 66.3 Å². The highest BCUT2D eigenvalue weighted by molar-refractivity contribution is 7.09. The number of aromatic nitrogens is 1. The van der Waals surface area contributed by atoms with Gasteiger partial charge >= 0.3 is 5.97 Å². The van der Waals surface area contributed by atoms with Gasteiger partial charge in [0.15, 0.2) is 6.10 Å². The minimum Gasteiger partial charge on any atom is -0.455 e. The number of aliphatic hydroxyl groups excluding tert-OH is 1. The first-order chi connectivity index (χ1) is 23.3. The fourth-order valence-corrected chi connectivity index (χ4v) is 7.05. The third-order valence-electron chi connectivity index (χ3n) is 9.46. The van der Waals surface area contributed by atoms with E-state index in [4.69, 9.17) is 4.74 Å². The highest BCUT2D eigenvalue weighted by atomic mass is 32.1. The third-order valence-corrected chi connectivity index (χ3v) is 10.4. The molecule has 12 heteroatoms. The maximum absolute atomic E-state index is 13.8. The highest BCUT2D eigenvalue weighted by Crippen LogP contribution is 2.29. The second-order valence-electron chi connectivity index (χ2n) is 14.0. The van der Waals surface area contributed by atoms with Gasteiger partial charge < -0.3 is 25.8 Å². The Labute approximate surface area is 296 Å². The number of likely N-dealkylation sites (N-methyl/N-ethyl adjacent to an activating group) is 1. The van der Waals surface area contributed by atoms with Crippen molar-refractivity contribution in [2.24, 2.45) is 17.8 Å². The molecular formula is C37H57N5O6S. The van der Waals surface area contributed by atoms with E-state index in [2.05, 4.69) is 20.9 Å². The maximum atomic E-state index is 13.8. The van der Waals surface area contributed by atoms with E-state index < -0.39 is 24.2 Å². The predicted octanol–water partition coefficient (Wildman–Crippen LogP) is 4.65. The summed E-state index contributed by atoms with van der Waals surface area (Å²) in [6.45, 7) is 12.0. The molecule has 0 aliphatic carbocycles. The van der Waals surface area contributed by atoms with Crippen LogP contribution in [-0.4, -0.2) is 83.0 Å². The summed E-state index contributed by atoms with van der Waals surface area (Å²) in [5, 5.41) is 21.0. The summed E-state index contributed by atoms with van der Waals surface area (Å²) in [4.78, 5) is 59.4. The van der Waals surface area contributed by atoms with E-state index in [9.17, 15) is 24.3 Å². The molecule has 3 rings (SSSR count). The molecule has 11 nitrogen and oxygen atoms in total. The van der Waals surface area contributed by atoms with Crippen LogP contribution in [-0.2, 0) is 25.5 Å². The average Bonchev–Trinajstić information content (AvgIpc) is 3.57. The van der Waals surface area contributed by atoms with Crippen molar-refractivity contribution in [2.45, 2.75) is 117 Å². The van der Waals surface area contributed by atoms with Gasteiger partial charge in [0, 0.05) is 37.4 Å². The van der Waals surface area contributed by atoms with Crippen LogP contribution in [0.25, 0.3) is 0 Å². The van der Waals surface area contributed by atoms with E-state index in [1.165, 1.54) is 18.3 Å². The first-order valence-electron chi connectivity index (χ1n) is 17.7. The Morgan fingerprint density at radius 2 is 1.76 bits per heavy atom. The molecule has 2 aromatic rings. The second kappa shape index (κ2) is 19.7. The van der Waals surface area contributed by atoms with E-state index in [0.717, 1.165) is 31.4 Å². The molecule has 1 aliphatic heterocycles. The number of nitrogens with one attached hydrogen (secondary N) is 3. The lowest BCUT2D eigenvalue weighted by atomic mass is 9.94. The number of ether oxygens (including phenoxy) is 1. The lowest BCUT2D eigenvalue weighted by molar-refractivity contribution is -0.147. The van der Waals surface area contributed by atoms with Gasteiger partial charge in [-0.15, -0.1) is 11.3 Å². The third kappa shape index (κ3) is 12.5. The summed E-state index contributed by atoms with van der Waals surface area (Å²) >= 11 is 1.23. The Hall–Kier alpha value is -3.35. The molecule has 0 unspecified atom stereocenters. The molecule has 49 heavy (non-hydrogen) atoms. The Bertz CT molecular complexity index is 1350. The topological polar surface area (TPSA) is 150 Å². The van der Waals surface area contributed by atoms with Crippen molar-refractivity contribution < 1.29 is 29.0 Å². The number of thiazole rings is 1. The van der Waals surface area contributed by atoms with Crippen molar-refractivity contribution in [3.05, 3.63) is 52.0 Å². The largest absolute Gasteiger partial charge is 0.455 e. The number of hydrogen-bond donors (Lipinski definition) is 4. The monoisotopic (exact) mass is 699 g/mol. The molecular weight excluding hydrogens is 643 g/mol. The van der Waals surface area contributed by atoms with Gasteiger partial charge in [-0.05, 0) is 62.6 Å². The molecule has 1 aromatic carbocycles. The lowest BCUT2D eigenvalue weighted by Gasteiger charge is -2.34. The van der Waals surface area contributed by atoms with E-state index in [1.807, 2.05) is 76.9 Å². The second-order valence-corrected chi connectivity index (χ2v) is 14.9. The molecule has 272 valence electrons. The van der Waals surface area contributed by atoms with Crippen molar-refractivity contribution in [1.29, 1.82) is 0 Å². The van der Waals surface area contributed by atoms with Gasteiger partial charge in [0.25, 0.3) is 5.91 Å². The predicted molar refractivity (Wildman–Crippen MR) is 192 cm³/mol. The number of likely N-dealkylation sites (tertiary alicyclic amines) is 1. The van der Waals surface area contributed by atoms with Crippen molar-refractivity contribution in [3.63, 3.8) is 0 Å². The van der Waals surface area contributed by atoms with E-state index in [1.54, 1.807) is 5.38 Å². The number of esters is 1. The highest BCUT2D eigenvalue weighted by Gasteiger charge is 2.34.